The summed E-state index contributed by atoms with van der Waals surface area (Å²) in [4.78, 5) is 3.87. The lowest BCUT2D eigenvalue weighted by Gasteiger charge is -2.40. The predicted molar refractivity (Wildman–Crippen MR) is 90.2 cm³/mol. The minimum atomic E-state index is -3.09. The van der Waals surface area contributed by atoms with Crippen molar-refractivity contribution in [2.45, 2.75) is 49.3 Å². The van der Waals surface area contributed by atoms with Crippen molar-refractivity contribution in [1.29, 1.82) is 0 Å². The lowest BCUT2D eigenvalue weighted by molar-refractivity contribution is -0.160. The minimum absolute atomic E-state index is 0.00368. The fourth-order valence-electron chi connectivity index (χ4n) is 2.93. The van der Waals surface area contributed by atoms with Crippen LogP contribution in [0, 0.1) is 13.8 Å². The van der Waals surface area contributed by atoms with E-state index in [4.69, 9.17) is 4.74 Å². The van der Waals surface area contributed by atoms with E-state index in [0.29, 0.717) is 17.3 Å². The molecule has 2 aromatic rings. The van der Waals surface area contributed by atoms with Crippen LogP contribution in [0.4, 0.5) is 8.78 Å². The van der Waals surface area contributed by atoms with Gasteiger partial charge in [0, 0.05) is 12.4 Å². The summed E-state index contributed by atoms with van der Waals surface area (Å²) in [6.07, 6.45) is 4.44. The second-order valence-corrected chi connectivity index (χ2v) is 7.69. The molecule has 24 heavy (non-hydrogen) atoms. The van der Waals surface area contributed by atoms with Crippen LogP contribution in [-0.4, -0.2) is 32.4 Å². The van der Waals surface area contributed by atoms with Crippen LogP contribution in [0.2, 0.25) is 0 Å². The second-order valence-electron chi connectivity index (χ2n) is 6.28. The lowest BCUT2D eigenvalue weighted by Crippen LogP contribution is -2.49. The molecule has 130 valence electrons. The topological polar surface area (TPSA) is 39.9 Å². The van der Waals surface area contributed by atoms with Crippen molar-refractivity contribution >= 4 is 11.8 Å². The van der Waals surface area contributed by atoms with Gasteiger partial charge in [-0.1, -0.05) is 35.5 Å². The third-order valence-electron chi connectivity index (χ3n) is 4.33. The molecule has 0 spiro atoms. The first-order valence-corrected chi connectivity index (χ1v) is 8.77. The van der Waals surface area contributed by atoms with Crippen molar-refractivity contribution in [2.24, 2.45) is 0 Å². The monoisotopic (exact) mass is 353 g/mol. The van der Waals surface area contributed by atoms with E-state index in [1.165, 1.54) is 24.4 Å². The number of thioether (sulfide) groups is 1. The molecule has 1 aromatic carbocycles. The van der Waals surface area contributed by atoms with Gasteiger partial charge < -0.3 is 4.74 Å². The molecular weight excluding hydrogens is 332 g/mol. The SMILES string of the molecule is COC(Cn1cncn1)(c1ccc(C)cc1C)C(F)(F)SC1CC1. The first-order chi connectivity index (χ1) is 11.4. The zero-order chi connectivity index (χ0) is 17.4. The van der Waals surface area contributed by atoms with E-state index < -0.39 is 10.9 Å². The Morgan fingerprint density at radius 2 is 2.08 bits per heavy atom. The number of alkyl halides is 2. The minimum Gasteiger partial charge on any atom is -0.364 e. The van der Waals surface area contributed by atoms with E-state index in [0.717, 1.165) is 24.0 Å². The van der Waals surface area contributed by atoms with Crippen molar-refractivity contribution < 1.29 is 13.5 Å². The van der Waals surface area contributed by atoms with Crippen molar-refractivity contribution in [3.63, 3.8) is 0 Å². The molecular formula is C17H21F2N3OS. The van der Waals surface area contributed by atoms with Gasteiger partial charge in [0.05, 0.1) is 6.54 Å². The third kappa shape index (κ3) is 3.19. The third-order valence-corrected chi connectivity index (χ3v) is 5.76. The number of hydrogen-bond acceptors (Lipinski definition) is 4. The number of nitrogens with zero attached hydrogens (tertiary/aromatic N) is 3. The zero-order valence-corrected chi connectivity index (χ0v) is 14.8. The summed E-state index contributed by atoms with van der Waals surface area (Å²) >= 11 is 0.709. The molecule has 1 fully saturated rings. The van der Waals surface area contributed by atoms with Crippen LogP contribution in [0.25, 0.3) is 0 Å². The molecule has 3 rings (SSSR count). The largest absolute Gasteiger partial charge is 0.364 e. The quantitative estimate of drug-likeness (QED) is 0.756. The van der Waals surface area contributed by atoms with Gasteiger partial charge in [0.15, 0.2) is 5.60 Å². The van der Waals surface area contributed by atoms with Gasteiger partial charge in [-0.05, 0) is 37.8 Å². The molecule has 7 heteroatoms. The van der Waals surface area contributed by atoms with Gasteiger partial charge in [0.1, 0.15) is 12.7 Å². The average molecular weight is 353 g/mol. The van der Waals surface area contributed by atoms with E-state index >= 15 is 8.78 Å². The molecule has 1 heterocycles. The summed E-state index contributed by atoms with van der Waals surface area (Å²) in [5.74, 6) is 0. The lowest BCUT2D eigenvalue weighted by atomic mass is 9.88. The van der Waals surface area contributed by atoms with E-state index in [1.54, 1.807) is 6.07 Å². The fraction of sp³-hybridized carbons (Fsp3) is 0.529. The summed E-state index contributed by atoms with van der Waals surface area (Å²) in [7, 11) is 1.34. The fourth-order valence-corrected chi connectivity index (χ4v) is 4.17. The highest BCUT2D eigenvalue weighted by atomic mass is 32.2. The van der Waals surface area contributed by atoms with Crippen LogP contribution in [0.1, 0.15) is 29.5 Å². The van der Waals surface area contributed by atoms with Crippen molar-refractivity contribution in [1.82, 2.24) is 14.8 Å². The number of rotatable bonds is 7. The molecule has 0 aliphatic heterocycles. The average Bonchev–Trinajstić information content (AvgIpc) is 3.16. The predicted octanol–water partition coefficient (Wildman–Crippen LogP) is 3.93. The number of benzene rings is 1. The van der Waals surface area contributed by atoms with Crippen molar-refractivity contribution in [2.75, 3.05) is 7.11 Å². The first kappa shape index (κ1) is 17.4. The smallest absolute Gasteiger partial charge is 0.328 e. The van der Waals surface area contributed by atoms with Gasteiger partial charge in [-0.25, -0.2) is 9.67 Å². The summed E-state index contributed by atoms with van der Waals surface area (Å²) in [6.45, 7) is 3.69. The van der Waals surface area contributed by atoms with Gasteiger partial charge in [-0.15, -0.1) is 0 Å². The molecule has 1 aromatic heterocycles. The molecule has 0 saturated heterocycles. The molecule has 0 radical (unpaired) electrons. The van der Waals surface area contributed by atoms with Crippen LogP contribution in [-0.2, 0) is 16.9 Å². The highest BCUT2D eigenvalue weighted by Crippen LogP contribution is 2.55. The van der Waals surface area contributed by atoms with Crippen molar-refractivity contribution in [3.8, 4) is 0 Å². The molecule has 4 nitrogen and oxygen atoms in total. The molecule has 1 aliphatic rings. The Balaban J connectivity index is 2.10. The maximum absolute atomic E-state index is 15.4. The summed E-state index contributed by atoms with van der Waals surface area (Å²) in [5, 5.41) is 0.921. The maximum Gasteiger partial charge on any atom is 0.328 e. The Kier molecular flexibility index (Phi) is 4.66. The number of aromatic nitrogens is 3. The first-order valence-electron chi connectivity index (χ1n) is 7.89. The Labute approximate surface area is 144 Å². The number of hydrogen-bond donors (Lipinski definition) is 0. The van der Waals surface area contributed by atoms with Crippen LogP contribution >= 0.6 is 11.8 Å². The normalized spacial score (nSPS) is 17.7. The van der Waals surface area contributed by atoms with Crippen molar-refractivity contribution in [3.05, 3.63) is 47.5 Å². The maximum atomic E-state index is 15.4. The molecule has 0 amide bonds. The Bertz CT molecular complexity index is 704. The second kappa shape index (κ2) is 6.44. The Morgan fingerprint density at radius 1 is 1.33 bits per heavy atom. The van der Waals surface area contributed by atoms with Gasteiger partial charge in [0.2, 0.25) is 0 Å². The molecule has 1 atom stereocenters. The number of ether oxygens (including phenoxy) is 1. The van der Waals surface area contributed by atoms with Gasteiger partial charge in [-0.3, -0.25) is 0 Å². The molecule has 1 unspecified atom stereocenters. The van der Waals surface area contributed by atoms with E-state index in [1.807, 2.05) is 26.0 Å². The number of aryl methyl sites for hydroxylation is 2. The van der Waals surface area contributed by atoms with Gasteiger partial charge >= 0.3 is 5.25 Å². The van der Waals surface area contributed by atoms with Crippen LogP contribution in [0.3, 0.4) is 0 Å². The molecule has 1 saturated carbocycles. The summed E-state index contributed by atoms with van der Waals surface area (Å²) in [5.41, 5.74) is 0.503. The molecule has 1 aliphatic carbocycles. The summed E-state index contributed by atoms with van der Waals surface area (Å²) < 4.78 is 37.7. The van der Waals surface area contributed by atoms with Gasteiger partial charge in [-0.2, -0.15) is 13.9 Å². The van der Waals surface area contributed by atoms with E-state index in [2.05, 4.69) is 10.1 Å². The highest BCUT2D eigenvalue weighted by molar-refractivity contribution is 8.01. The van der Waals surface area contributed by atoms with Crippen LogP contribution in [0.15, 0.2) is 30.9 Å². The number of halogens is 2. The summed E-state index contributed by atoms with van der Waals surface area (Å²) in [6, 6.07) is 5.49. The van der Waals surface area contributed by atoms with E-state index in [-0.39, 0.29) is 11.8 Å². The van der Waals surface area contributed by atoms with Crippen LogP contribution < -0.4 is 0 Å². The zero-order valence-electron chi connectivity index (χ0n) is 14.0. The van der Waals surface area contributed by atoms with Gasteiger partial charge in [0.25, 0.3) is 0 Å². The standard InChI is InChI=1S/C17H21F2N3OS/c1-12-4-7-15(13(2)8-12)16(23-3,9-22-11-20-10-21-22)17(18,19)24-14-5-6-14/h4,7-8,10-11,14H,5-6,9H2,1-3H3. The highest BCUT2D eigenvalue weighted by Gasteiger charge is 2.59. The Hall–Kier alpha value is -1.47. The molecule has 0 N–H and O–H groups in total. The van der Waals surface area contributed by atoms with Crippen LogP contribution in [0.5, 0.6) is 0 Å². The number of methoxy groups -OCH3 is 1. The molecule has 0 bridgehead atoms. The Morgan fingerprint density at radius 3 is 2.62 bits per heavy atom. The van der Waals surface area contributed by atoms with E-state index in [9.17, 15) is 0 Å².